The molecule has 10 heteroatoms. The number of rotatable bonds is 3. The number of aromatic nitrogens is 1. The molecule has 3 aromatic rings. The maximum Gasteiger partial charge on any atom is 0.430 e. The van der Waals surface area contributed by atoms with Gasteiger partial charge in [0.1, 0.15) is 5.69 Å². The van der Waals surface area contributed by atoms with Crippen LogP contribution in [0.2, 0.25) is 0 Å². The molecule has 1 aromatic heterocycles. The van der Waals surface area contributed by atoms with Crippen LogP contribution in [0.3, 0.4) is 0 Å². The third-order valence-corrected chi connectivity index (χ3v) is 4.48. The highest BCUT2D eigenvalue weighted by atomic mass is 35.5. The molecule has 1 heterocycles. The van der Waals surface area contributed by atoms with Crippen LogP contribution in [0.15, 0.2) is 48.5 Å². The molecule has 2 N–H and O–H groups in total. The minimum Gasteiger partial charge on any atom is -0.369 e. The van der Waals surface area contributed by atoms with E-state index < -0.39 is 28.8 Å². The van der Waals surface area contributed by atoms with Gasteiger partial charge in [0.05, 0.1) is 0 Å². The third kappa shape index (κ3) is 3.04. The second-order valence-corrected chi connectivity index (χ2v) is 6.32. The van der Waals surface area contributed by atoms with Crippen molar-refractivity contribution >= 4 is 27.7 Å². The van der Waals surface area contributed by atoms with Crippen LogP contribution in [0.4, 0.5) is 26.3 Å². The second-order valence-electron chi connectivity index (χ2n) is 5.98. The van der Waals surface area contributed by atoms with Crippen LogP contribution in [0.25, 0.3) is 22.0 Å². The van der Waals surface area contributed by atoms with E-state index in [0.717, 1.165) is 6.07 Å². The van der Waals surface area contributed by atoms with Gasteiger partial charge in [-0.15, -0.1) is 0 Å². The lowest BCUT2D eigenvalue weighted by molar-refractivity contribution is -0.376. The summed E-state index contributed by atoms with van der Waals surface area (Å²) in [5.41, 5.74) is -6.24. The Hall–Kier alpha value is -2.52. The number of carbonyl (C=O) groups is 1. The molecule has 0 radical (unpaired) electrons. The maximum atomic E-state index is 13.2. The van der Waals surface area contributed by atoms with Gasteiger partial charge in [-0.1, -0.05) is 36.4 Å². The van der Waals surface area contributed by atoms with Crippen molar-refractivity contribution in [2.75, 3.05) is 0 Å². The van der Waals surface area contributed by atoms with Gasteiger partial charge in [-0.25, -0.2) is 0 Å². The van der Waals surface area contributed by atoms with Gasteiger partial charge >= 0.3 is 12.4 Å². The van der Waals surface area contributed by atoms with Crippen molar-refractivity contribution in [2.24, 2.45) is 0 Å². The zero-order chi connectivity index (χ0) is 20.9. The second kappa shape index (κ2) is 6.52. The zero-order valence-corrected chi connectivity index (χ0v) is 14.4. The Balaban J connectivity index is 2.37. The van der Waals surface area contributed by atoms with Crippen LogP contribution in [0.1, 0.15) is 16.1 Å². The molecule has 0 amide bonds. The number of aliphatic hydroxyl groups is 1. The van der Waals surface area contributed by atoms with Crippen molar-refractivity contribution in [2.45, 2.75) is 18.0 Å². The summed E-state index contributed by atoms with van der Waals surface area (Å²) in [5.74, 6) is 0. The fourth-order valence-electron chi connectivity index (χ4n) is 2.96. The lowest BCUT2D eigenvalue weighted by atomic mass is 9.90. The molecule has 28 heavy (non-hydrogen) atoms. The first-order chi connectivity index (χ1) is 12.9. The number of aromatic amines is 1. The predicted octanol–water partition coefficient (Wildman–Crippen LogP) is 5.53. The number of carbonyl (C=O) groups excluding carboxylic acids is 1. The molecule has 3 nitrogen and oxygen atoms in total. The first kappa shape index (κ1) is 20.2. The van der Waals surface area contributed by atoms with Crippen LogP contribution < -0.4 is 0 Å². The van der Waals surface area contributed by atoms with Gasteiger partial charge in [-0.2, -0.15) is 26.3 Å². The number of hydrogen-bond donors (Lipinski definition) is 2. The van der Waals surface area contributed by atoms with Crippen LogP contribution in [-0.4, -0.2) is 27.7 Å². The van der Waals surface area contributed by atoms with Gasteiger partial charge in [0.25, 0.3) is 10.8 Å². The summed E-state index contributed by atoms with van der Waals surface area (Å²) in [7, 11) is 0. The summed E-state index contributed by atoms with van der Waals surface area (Å²) in [6, 6.07) is 9.78. The van der Waals surface area contributed by atoms with Crippen LogP contribution >= 0.6 is 11.6 Å². The lowest BCUT2D eigenvalue weighted by Crippen LogP contribution is -2.53. The highest BCUT2D eigenvalue weighted by molar-refractivity contribution is 6.68. The van der Waals surface area contributed by atoms with E-state index in [-0.39, 0.29) is 22.2 Å². The molecule has 0 aliphatic rings. The standard InChI is InChI=1S/C18H10ClF6NO2/c19-15(27)14-13(9-4-2-1-3-5-9)11-8-10(6-7-12(11)26-14)16(28,17(20,21)22)18(23,24)25/h1-8,26,28H. The number of hydrogen-bond acceptors (Lipinski definition) is 2. The van der Waals surface area contributed by atoms with Gasteiger partial charge in [0.15, 0.2) is 0 Å². The van der Waals surface area contributed by atoms with Gasteiger partial charge < -0.3 is 10.1 Å². The minimum atomic E-state index is -6.02. The highest BCUT2D eigenvalue weighted by Crippen LogP contribution is 2.51. The van der Waals surface area contributed by atoms with Crippen LogP contribution in [-0.2, 0) is 5.60 Å². The third-order valence-electron chi connectivity index (χ3n) is 4.30. The Morgan fingerprint density at radius 1 is 0.929 bits per heavy atom. The van der Waals surface area contributed by atoms with Crippen molar-refractivity contribution in [3.8, 4) is 11.1 Å². The molecule has 0 aliphatic heterocycles. The Morgan fingerprint density at radius 2 is 1.50 bits per heavy atom. The van der Waals surface area contributed by atoms with E-state index in [2.05, 4.69) is 4.98 Å². The quantitative estimate of drug-likeness (QED) is 0.432. The molecule has 0 atom stereocenters. The molecule has 2 aromatic carbocycles. The van der Waals surface area contributed by atoms with E-state index in [4.69, 9.17) is 11.6 Å². The van der Waals surface area contributed by atoms with E-state index in [1.807, 2.05) is 0 Å². The van der Waals surface area contributed by atoms with E-state index in [1.54, 1.807) is 18.2 Å². The summed E-state index contributed by atoms with van der Waals surface area (Å²) in [6.45, 7) is 0. The van der Waals surface area contributed by atoms with Gasteiger partial charge in [0, 0.05) is 22.0 Å². The topological polar surface area (TPSA) is 53.1 Å². The average Bonchev–Trinajstić information content (AvgIpc) is 2.98. The van der Waals surface area contributed by atoms with Crippen molar-refractivity contribution in [1.29, 1.82) is 0 Å². The summed E-state index contributed by atoms with van der Waals surface area (Å²) >= 11 is 5.53. The maximum absolute atomic E-state index is 13.2. The Kier molecular flexibility index (Phi) is 4.71. The van der Waals surface area contributed by atoms with Crippen molar-refractivity contribution in [3.05, 3.63) is 59.8 Å². The zero-order valence-electron chi connectivity index (χ0n) is 13.6. The monoisotopic (exact) mass is 421 g/mol. The van der Waals surface area contributed by atoms with Crippen molar-refractivity contribution in [3.63, 3.8) is 0 Å². The first-order valence-corrected chi connectivity index (χ1v) is 8.03. The van der Waals surface area contributed by atoms with E-state index in [1.165, 1.54) is 12.1 Å². The summed E-state index contributed by atoms with van der Waals surface area (Å²) in [4.78, 5) is 14.3. The molecule has 0 saturated carbocycles. The molecular weight excluding hydrogens is 412 g/mol. The van der Waals surface area contributed by atoms with Gasteiger partial charge in [-0.3, -0.25) is 4.79 Å². The number of fused-ring (bicyclic) bond motifs is 1. The fraction of sp³-hybridized carbons (Fsp3) is 0.167. The molecule has 0 aliphatic carbocycles. The molecule has 0 saturated heterocycles. The molecule has 3 rings (SSSR count). The molecule has 0 bridgehead atoms. The van der Waals surface area contributed by atoms with Crippen molar-refractivity contribution < 1.29 is 36.2 Å². The van der Waals surface area contributed by atoms with Crippen LogP contribution in [0, 0.1) is 0 Å². The number of alkyl halides is 6. The number of halogens is 7. The van der Waals surface area contributed by atoms with Gasteiger partial charge in [0.2, 0.25) is 0 Å². The van der Waals surface area contributed by atoms with Crippen LogP contribution in [0.5, 0.6) is 0 Å². The average molecular weight is 422 g/mol. The summed E-state index contributed by atoms with van der Waals surface area (Å²) in [6.07, 6.45) is -12.0. The number of benzene rings is 2. The smallest absolute Gasteiger partial charge is 0.369 e. The number of H-pyrrole nitrogens is 1. The summed E-state index contributed by atoms with van der Waals surface area (Å²) in [5, 5.41) is 8.54. The first-order valence-electron chi connectivity index (χ1n) is 7.65. The number of nitrogens with one attached hydrogen (secondary N) is 1. The van der Waals surface area contributed by atoms with E-state index >= 15 is 0 Å². The highest BCUT2D eigenvalue weighted by Gasteiger charge is 2.71. The predicted molar refractivity (Wildman–Crippen MR) is 89.9 cm³/mol. The molecular formula is C18H10ClF6NO2. The summed E-state index contributed by atoms with van der Waals surface area (Å²) < 4.78 is 79.1. The van der Waals surface area contributed by atoms with E-state index in [0.29, 0.717) is 17.7 Å². The molecule has 0 spiro atoms. The SMILES string of the molecule is O=C(Cl)c1[nH]c2ccc(C(O)(C(F)(F)F)C(F)(F)F)cc2c1-c1ccccc1. The van der Waals surface area contributed by atoms with E-state index in [9.17, 15) is 36.2 Å². The molecule has 0 unspecified atom stereocenters. The molecule has 148 valence electrons. The van der Waals surface area contributed by atoms with Gasteiger partial charge in [-0.05, 0) is 29.3 Å². The molecule has 0 fully saturated rings. The normalized spacial score (nSPS) is 13.1. The Bertz CT molecular complexity index is 1030. The Morgan fingerprint density at radius 3 is 2.00 bits per heavy atom. The lowest BCUT2D eigenvalue weighted by Gasteiger charge is -2.32. The Labute approximate surface area is 158 Å². The van der Waals surface area contributed by atoms with Crippen molar-refractivity contribution in [1.82, 2.24) is 4.98 Å². The minimum absolute atomic E-state index is 0.0316. The fourth-order valence-corrected chi connectivity index (χ4v) is 3.10. The largest absolute Gasteiger partial charge is 0.430 e.